The van der Waals surface area contributed by atoms with E-state index in [0.29, 0.717) is 11.9 Å². The van der Waals surface area contributed by atoms with Gasteiger partial charge >= 0.3 is 6.09 Å². The van der Waals surface area contributed by atoms with Crippen LogP contribution in [0.2, 0.25) is 0 Å². The number of phenolic OH excluding ortho intramolecular Hbond substituents is 1. The number of nitrogens with one attached hydrogen (secondary N) is 1. The van der Waals surface area contributed by atoms with Gasteiger partial charge in [0.15, 0.2) is 0 Å². The van der Waals surface area contributed by atoms with Crippen LogP contribution in [0, 0.1) is 0 Å². The van der Waals surface area contributed by atoms with Crippen molar-refractivity contribution in [3.05, 3.63) is 30.3 Å². The topological polar surface area (TPSA) is 119 Å². The van der Waals surface area contributed by atoms with E-state index in [9.17, 15) is 18.3 Å². The summed E-state index contributed by atoms with van der Waals surface area (Å²) in [5.41, 5.74) is 0. The van der Waals surface area contributed by atoms with Gasteiger partial charge in [0.1, 0.15) is 16.4 Å². The number of hydrogen-bond donors (Lipinski definition) is 3. The highest BCUT2D eigenvalue weighted by atomic mass is 32.2. The smallest absolute Gasteiger partial charge is 0.412 e. The number of sulfonamides is 1. The van der Waals surface area contributed by atoms with Gasteiger partial charge in [-0.05, 0) is 6.42 Å². The van der Waals surface area contributed by atoms with Crippen LogP contribution in [0.15, 0.2) is 35.2 Å². The van der Waals surface area contributed by atoms with E-state index in [-0.39, 0.29) is 11.1 Å². The Morgan fingerprint density at radius 2 is 1.96 bits per heavy atom. The Bertz CT molecular complexity index is 833. The number of rotatable bonds is 5. The van der Waals surface area contributed by atoms with Crippen molar-refractivity contribution in [1.29, 1.82) is 0 Å². The van der Waals surface area contributed by atoms with Crippen LogP contribution in [0.1, 0.15) is 19.8 Å². The van der Waals surface area contributed by atoms with E-state index < -0.39 is 26.8 Å². The molecule has 0 aromatic heterocycles. The number of benzene rings is 2. The first-order valence-corrected chi connectivity index (χ1v) is 8.62. The third kappa shape index (κ3) is 3.91. The van der Waals surface area contributed by atoms with Gasteiger partial charge in [-0.3, -0.25) is 0 Å². The molecule has 0 bridgehead atoms. The van der Waals surface area contributed by atoms with Crippen LogP contribution in [0.3, 0.4) is 0 Å². The third-order valence-corrected chi connectivity index (χ3v) is 4.18. The average Bonchev–Trinajstić information content (AvgIpc) is 2.49. The molecule has 0 aliphatic heterocycles. The molecule has 0 aliphatic carbocycles. The highest BCUT2D eigenvalue weighted by Crippen LogP contribution is 2.37. The minimum absolute atomic E-state index is 0.0106. The molecule has 124 valence electrons. The Morgan fingerprint density at radius 3 is 2.57 bits per heavy atom. The predicted molar refractivity (Wildman–Crippen MR) is 85.9 cm³/mol. The van der Waals surface area contributed by atoms with E-state index in [1.807, 2.05) is 6.92 Å². The van der Waals surface area contributed by atoms with E-state index in [1.54, 1.807) is 18.2 Å². The second kappa shape index (κ2) is 6.84. The molecule has 0 fully saturated rings. The molecule has 0 heterocycles. The van der Waals surface area contributed by atoms with Crippen molar-refractivity contribution in [2.45, 2.75) is 24.7 Å². The SMILES string of the molecule is CCCCNC(=O)Oc1cc(S(N)(=O)=O)c(O)c2ccccc12. The summed E-state index contributed by atoms with van der Waals surface area (Å²) in [5.74, 6) is -0.460. The number of nitrogens with two attached hydrogens (primary N) is 1. The summed E-state index contributed by atoms with van der Waals surface area (Å²) in [6.45, 7) is 2.44. The molecule has 2 rings (SSSR count). The molecule has 4 N–H and O–H groups in total. The lowest BCUT2D eigenvalue weighted by Crippen LogP contribution is -2.27. The van der Waals surface area contributed by atoms with Crippen LogP contribution >= 0.6 is 0 Å². The molecule has 0 radical (unpaired) electrons. The zero-order valence-electron chi connectivity index (χ0n) is 12.6. The Kier molecular flexibility index (Phi) is 5.07. The minimum Gasteiger partial charge on any atom is -0.506 e. The molecule has 0 unspecified atom stereocenters. The number of carbonyl (C=O) groups is 1. The lowest BCUT2D eigenvalue weighted by molar-refractivity contribution is 0.200. The summed E-state index contributed by atoms with van der Waals surface area (Å²) in [4.78, 5) is 11.3. The molecule has 2 aromatic rings. The van der Waals surface area contributed by atoms with Gasteiger partial charge in [0.25, 0.3) is 0 Å². The van der Waals surface area contributed by atoms with E-state index in [0.717, 1.165) is 18.9 Å². The number of primary sulfonamides is 1. The van der Waals surface area contributed by atoms with Crippen LogP contribution in [0.5, 0.6) is 11.5 Å². The van der Waals surface area contributed by atoms with Crippen molar-refractivity contribution < 1.29 is 23.1 Å². The van der Waals surface area contributed by atoms with Gasteiger partial charge in [0.2, 0.25) is 10.0 Å². The molecule has 7 nitrogen and oxygen atoms in total. The number of phenols is 1. The fraction of sp³-hybridized carbons (Fsp3) is 0.267. The molecule has 0 atom stereocenters. The van der Waals surface area contributed by atoms with Gasteiger partial charge in [-0.2, -0.15) is 0 Å². The van der Waals surface area contributed by atoms with Crippen molar-refractivity contribution in [3.63, 3.8) is 0 Å². The molecule has 0 saturated heterocycles. The summed E-state index contributed by atoms with van der Waals surface area (Å²) in [7, 11) is -4.17. The Hall–Kier alpha value is -2.32. The van der Waals surface area contributed by atoms with Gasteiger partial charge in [0.05, 0.1) is 0 Å². The second-order valence-electron chi connectivity index (χ2n) is 4.98. The number of hydrogen-bond acceptors (Lipinski definition) is 5. The molecule has 2 aromatic carbocycles. The molecule has 0 spiro atoms. The molecule has 8 heteroatoms. The normalized spacial score (nSPS) is 11.4. The van der Waals surface area contributed by atoms with Gasteiger partial charge in [0, 0.05) is 23.4 Å². The van der Waals surface area contributed by atoms with Crippen LogP contribution in [0.4, 0.5) is 4.79 Å². The van der Waals surface area contributed by atoms with E-state index in [1.165, 1.54) is 6.07 Å². The number of fused-ring (bicyclic) bond motifs is 1. The van der Waals surface area contributed by atoms with Crippen LogP contribution < -0.4 is 15.2 Å². The zero-order valence-corrected chi connectivity index (χ0v) is 13.4. The summed E-state index contributed by atoms with van der Waals surface area (Å²) in [6, 6.07) is 7.48. The Labute approximate surface area is 134 Å². The maximum absolute atomic E-state index is 11.8. The lowest BCUT2D eigenvalue weighted by atomic mass is 10.1. The molecular weight excluding hydrogens is 320 g/mol. The average molecular weight is 338 g/mol. The van der Waals surface area contributed by atoms with Crippen molar-refractivity contribution >= 4 is 26.9 Å². The number of aromatic hydroxyl groups is 1. The summed E-state index contributed by atoms with van der Waals surface area (Å²) < 4.78 is 28.4. The molecule has 0 saturated carbocycles. The zero-order chi connectivity index (χ0) is 17.0. The van der Waals surface area contributed by atoms with E-state index in [4.69, 9.17) is 9.88 Å². The molecule has 0 aliphatic rings. The first-order valence-electron chi connectivity index (χ1n) is 7.07. The highest BCUT2D eigenvalue weighted by Gasteiger charge is 2.21. The fourth-order valence-electron chi connectivity index (χ4n) is 2.11. The Morgan fingerprint density at radius 1 is 1.30 bits per heavy atom. The van der Waals surface area contributed by atoms with Crippen LogP contribution in [-0.2, 0) is 10.0 Å². The Balaban J connectivity index is 2.46. The van der Waals surface area contributed by atoms with Crippen molar-refractivity contribution in [1.82, 2.24) is 5.32 Å². The molecular formula is C15H18N2O5S. The standard InChI is InChI=1S/C15H18N2O5S/c1-2-3-8-17-15(19)22-12-9-13(23(16,20)21)14(18)11-7-5-4-6-10(11)12/h4-7,9,18H,2-3,8H2,1H3,(H,17,19)(H2,16,20,21). The first-order chi connectivity index (χ1) is 10.8. The van der Waals surface area contributed by atoms with Crippen LogP contribution in [-0.4, -0.2) is 26.2 Å². The number of amides is 1. The lowest BCUT2D eigenvalue weighted by Gasteiger charge is -2.12. The van der Waals surface area contributed by atoms with Crippen molar-refractivity contribution in [2.75, 3.05) is 6.54 Å². The largest absolute Gasteiger partial charge is 0.506 e. The summed E-state index contributed by atoms with van der Waals surface area (Å²) in [6.07, 6.45) is 1.01. The van der Waals surface area contributed by atoms with Gasteiger partial charge < -0.3 is 15.2 Å². The summed E-state index contributed by atoms with van der Waals surface area (Å²) in [5, 5.41) is 18.4. The number of unbranched alkanes of at least 4 members (excludes halogenated alkanes) is 1. The van der Waals surface area contributed by atoms with Gasteiger partial charge in [-0.1, -0.05) is 37.6 Å². The summed E-state index contributed by atoms with van der Waals surface area (Å²) >= 11 is 0. The van der Waals surface area contributed by atoms with Crippen LogP contribution in [0.25, 0.3) is 10.8 Å². The monoisotopic (exact) mass is 338 g/mol. The van der Waals surface area contributed by atoms with E-state index >= 15 is 0 Å². The maximum atomic E-state index is 11.8. The number of carbonyl (C=O) groups excluding carboxylic acids is 1. The van der Waals surface area contributed by atoms with Crippen molar-refractivity contribution in [2.24, 2.45) is 5.14 Å². The van der Waals surface area contributed by atoms with E-state index in [2.05, 4.69) is 5.32 Å². The fourth-order valence-corrected chi connectivity index (χ4v) is 2.76. The molecule has 23 heavy (non-hydrogen) atoms. The number of ether oxygens (including phenoxy) is 1. The maximum Gasteiger partial charge on any atom is 0.412 e. The predicted octanol–water partition coefficient (Wildman–Crippen LogP) is 2.08. The van der Waals surface area contributed by atoms with Crippen molar-refractivity contribution in [3.8, 4) is 11.5 Å². The second-order valence-corrected chi connectivity index (χ2v) is 6.51. The van der Waals surface area contributed by atoms with Gasteiger partial charge in [-0.15, -0.1) is 0 Å². The quantitative estimate of drug-likeness (QED) is 0.721. The minimum atomic E-state index is -4.17. The highest BCUT2D eigenvalue weighted by molar-refractivity contribution is 7.89. The molecule has 1 amide bonds. The third-order valence-electron chi connectivity index (χ3n) is 3.25. The van der Waals surface area contributed by atoms with Gasteiger partial charge in [-0.25, -0.2) is 18.4 Å². The first kappa shape index (κ1) is 17.0.